The van der Waals surface area contributed by atoms with Crippen LogP contribution in [0.25, 0.3) is 0 Å². The maximum Gasteiger partial charge on any atom is 0.238 e. The predicted octanol–water partition coefficient (Wildman–Crippen LogP) is 4.33. The van der Waals surface area contributed by atoms with Crippen LogP contribution in [0, 0.1) is 11.3 Å². The molecule has 0 saturated carbocycles. The van der Waals surface area contributed by atoms with Crippen molar-refractivity contribution in [3.05, 3.63) is 40.3 Å². The quantitative estimate of drug-likeness (QED) is 0.755. The third kappa shape index (κ3) is 3.73. The second kappa shape index (κ2) is 7.75. The van der Waals surface area contributed by atoms with Crippen LogP contribution < -0.4 is 10.6 Å². The van der Waals surface area contributed by atoms with Gasteiger partial charge in [0.2, 0.25) is 11.8 Å². The zero-order valence-corrected chi connectivity index (χ0v) is 16.3. The van der Waals surface area contributed by atoms with Crippen molar-refractivity contribution < 1.29 is 9.59 Å². The molecular weight excluding hydrogens is 378 g/mol. The number of carbonyl (C=O) groups is 2. The second-order valence-corrected chi connectivity index (χ2v) is 9.07. The molecular formula is C20H19N3O2S2. The standard InChI is InChI=1S/C20H19N3O2S2/c21-11-13-12-6-2-1-3-8-15(12)27-20(13)23-18(24)10-17-19(25)22-14-7-4-5-9-16(14)26-17/h4-5,7,9,17H,1-3,6,8,10H2,(H,22,25)(H,23,24). The molecule has 7 heteroatoms. The number of para-hydroxylation sites is 1. The first-order valence-electron chi connectivity index (χ1n) is 9.06. The highest BCUT2D eigenvalue weighted by molar-refractivity contribution is 8.01. The Morgan fingerprint density at radius 2 is 2.07 bits per heavy atom. The largest absolute Gasteiger partial charge is 0.324 e. The summed E-state index contributed by atoms with van der Waals surface area (Å²) in [6, 6.07) is 9.86. The minimum absolute atomic E-state index is 0.0816. The van der Waals surface area contributed by atoms with Crippen LogP contribution in [0.3, 0.4) is 0 Å². The highest BCUT2D eigenvalue weighted by atomic mass is 32.2. The van der Waals surface area contributed by atoms with Crippen molar-refractivity contribution in [1.29, 1.82) is 5.26 Å². The number of rotatable bonds is 3. The first-order valence-corrected chi connectivity index (χ1v) is 10.8. The molecule has 1 aromatic carbocycles. The molecule has 0 spiro atoms. The Morgan fingerprint density at radius 1 is 1.26 bits per heavy atom. The SMILES string of the molecule is N#Cc1c(NC(=O)CC2Sc3ccccc3NC2=O)sc2c1CCCCC2. The molecule has 1 unspecified atom stereocenters. The summed E-state index contributed by atoms with van der Waals surface area (Å²) in [5, 5.41) is 15.5. The lowest BCUT2D eigenvalue weighted by atomic mass is 10.1. The number of carbonyl (C=O) groups excluding carboxylic acids is 2. The lowest BCUT2D eigenvalue weighted by Crippen LogP contribution is -2.32. The molecule has 0 radical (unpaired) electrons. The molecule has 2 aromatic rings. The normalized spacial score (nSPS) is 18.5. The van der Waals surface area contributed by atoms with E-state index in [1.54, 1.807) is 0 Å². The van der Waals surface area contributed by atoms with Gasteiger partial charge in [-0.05, 0) is 43.4 Å². The lowest BCUT2D eigenvalue weighted by molar-refractivity contribution is -0.120. The number of thioether (sulfide) groups is 1. The maximum absolute atomic E-state index is 12.6. The van der Waals surface area contributed by atoms with Crippen molar-refractivity contribution in [2.24, 2.45) is 0 Å². The Hall–Kier alpha value is -2.30. The molecule has 1 aliphatic heterocycles. The second-order valence-electron chi connectivity index (χ2n) is 6.72. The van der Waals surface area contributed by atoms with Crippen molar-refractivity contribution in [2.75, 3.05) is 10.6 Å². The molecule has 2 amide bonds. The summed E-state index contributed by atoms with van der Waals surface area (Å²) in [7, 11) is 0. The van der Waals surface area contributed by atoms with E-state index >= 15 is 0 Å². The monoisotopic (exact) mass is 397 g/mol. The predicted molar refractivity (Wildman–Crippen MR) is 108 cm³/mol. The van der Waals surface area contributed by atoms with Crippen LogP contribution >= 0.6 is 23.1 Å². The van der Waals surface area contributed by atoms with Gasteiger partial charge in [-0.25, -0.2) is 0 Å². The summed E-state index contributed by atoms with van der Waals surface area (Å²) in [4.78, 5) is 27.1. The third-order valence-corrected chi connectivity index (χ3v) is 7.35. The number of nitrogens with one attached hydrogen (secondary N) is 2. The first-order chi connectivity index (χ1) is 13.2. The first kappa shape index (κ1) is 18.1. The van der Waals surface area contributed by atoms with E-state index in [4.69, 9.17) is 0 Å². The molecule has 2 aliphatic rings. The summed E-state index contributed by atoms with van der Waals surface area (Å²) in [6.45, 7) is 0. The minimum Gasteiger partial charge on any atom is -0.324 e. The minimum atomic E-state index is -0.469. The van der Waals surface area contributed by atoms with E-state index in [1.165, 1.54) is 34.4 Å². The van der Waals surface area contributed by atoms with Gasteiger partial charge in [0.1, 0.15) is 11.1 Å². The van der Waals surface area contributed by atoms with Gasteiger partial charge in [-0.2, -0.15) is 5.26 Å². The number of amides is 2. The zero-order chi connectivity index (χ0) is 18.8. The third-order valence-electron chi connectivity index (χ3n) is 4.86. The van der Waals surface area contributed by atoms with E-state index in [0.717, 1.165) is 41.8 Å². The van der Waals surface area contributed by atoms with Gasteiger partial charge in [-0.3, -0.25) is 9.59 Å². The van der Waals surface area contributed by atoms with Gasteiger partial charge in [0.15, 0.2) is 0 Å². The van der Waals surface area contributed by atoms with E-state index in [9.17, 15) is 14.9 Å². The van der Waals surface area contributed by atoms with Crippen LogP contribution in [0.2, 0.25) is 0 Å². The van der Waals surface area contributed by atoms with E-state index in [0.29, 0.717) is 10.6 Å². The number of nitrogens with zero attached hydrogens (tertiary/aromatic N) is 1. The van der Waals surface area contributed by atoms with Crippen molar-refractivity contribution in [2.45, 2.75) is 48.7 Å². The number of benzene rings is 1. The van der Waals surface area contributed by atoms with Crippen LogP contribution in [0.15, 0.2) is 29.2 Å². The van der Waals surface area contributed by atoms with E-state index in [2.05, 4.69) is 16.7 Å². The molecule has 0 bridgehead atoms. The number of thiophene rings is 1. The van der Waals surface area contributed by atoms with Crippen LogP contribution in [-0.2, 0) is 22.4 Å². The molecule has 1 aliphatic carbocycles. The van der Waals surface area contributed by atoms with Crippen LogP contribution in [0.1, 0.15) is 41.7 Å². The molecule has 2 heterocycles. The van der Waals surface area contributed by atoms with Crippen molar-refractivity contribution in [3.63, 3.8) is 0 Å². The fraction of sp³-hybridized carbons (Fsp3) is 0.350. The van der Waals surface area contributed by atoms with Crippen molar-refractivity contribution >= 4 is 45.6 Å². The van der Waals surface area contributed by atoms with E-state index in [1.807, 2.05) is 24.3 Å². The molecule has 138 valence electrons. The van der Waals surface area contributed by atoms with E-state index in [-0.39, 0.29) is 18.2 Å². The number of nitriles is 1. The number of hydrogen-bond acceptors (Lipinski definition) is 5. The maximum atomic E-state index is 12.6. The molecule has 4 rings (SSSR count). The molecule has 0 saturated heterocycles. The number of hydrogen-bond donors (Lipinski definition) is 2. The summed E-state index contributed by atoms with van der Waals surface area (Å²) >= 11 is 2.93. The van der Waals surface area contributed by atoms with E-state index < -0.39 is 5.25 Å². The fourth-order valence-corrected chi connectivity index (χ4v) is 5.89. The Kier molecular flexibility index (Phi) is 5.19. The lowest BCUT2D eigenvalue weighted by Gasteiger charge is -2.23. The Bertz CT molecular complexity index is 945. The highest BCUT2D eigenvalue weighted by Gasteiger charge is 2.29. The molecule has 27 heavy (non-hydrogen) atoms. The van der Waals surface area contributed by atoms with Crippen molar-refractivity contribution in [1.82, 2.24) is 0 Å². The molecule has 1 aromatic heterocycles. The van der Waals surface area contributed by atoms with Crippen LogP contribution in [-0.4, -0.2) is 17.1 Å². The van der Waals surface area contributed by atoms with Crippen LogP contribution in [0.5, 0.6) is 0 Å². The Morgan fingerprint density at radius 3 is 2.93 bits per heavy atom. The smallest absolute Gasteiger partial charge is 0.238 e. The fourth-order valence-electron chi connectivity index (χ4n) is 3.52. The number of anilines is 2. The van der Waals surface area contributed by atoms with Gasteiger partial charge in [-0.15, -0.1) is 23.1 Å². The molecule has 2 N–H and O–H groups in total. The zero-order valence-electron chi connectivity index (χ0n) is 14.7. The number of fused-ring (bicyclic) bond motifs is 2. The van der Waals surface area contributed by atoms with Gasteiger partial charge in [0.25, 0.3) is 0 Å². The van der Waals surface area contributed by atoms with Gasteiger partial charge in [0.05, 0.1) is 16.5 Å². The summed E-state index contributed by atoms with van der Waals surface area (Å²) < 4.78 is 0. The molecule has 5 nitrogen and oxygen atoms in total. The molecule has 1 atom stereocenters. The van der Waals surface area contributed by atoms with Crippen LogP contribution in [0.4, 0.5) is 10.7 Å². The summed E-state index contributed by atoms with van der Waals surface area (Å²) in [6.07, 6.45) is 5.36. The Labute approximate surface area is 166 Å². The van der Waals surface area contributed by atoms with Gasteiger partial charge < -0.3 is 10.6 Å². The van der Waals surface area contributed by atoms with Gasteiger partial charge >= 0.3 is 0 Å². The van der Waals surface area contributed by atoms with Crippen molar-refractivity contribution in [3.8, 4) is 6.07 Å². The average molecular weight is 398 g/mol. The van der Waals surface area contributed by atoms with Gasteiger partial charge in [0, 0.05) is 16.2 Å². The average Bonchev–Trinajstić information content (AvgIpc) is 2.82. The highest BCUT2D eigenvalue weighted by Crippen LogP contribution is 2.39. The number of aryl methyl sites for hydroxylation is 1. The topological polar surface area (TPSA) is 82.0 Å². The molecule has 0 fully saturated rings. The summed E-state index contributed by atoms with van der Waals surface area (Å²) in [5.41, 5.74) is 2.50. The summed E-state index contributed by atoms with van der Waals surface area (Å²) in [5.74, 6) is -0.383. The van der Waals surface area contributed by atoms with Gasteiger partial charge in [-0.1, -0.05) is 18.6 Å². The Balaban J connectivity index is 1.48.